The number of rotatable bonds is 6. The van der Waals surface area contributed by atoms with Crippen molar-refractivity contribution in [1.29, 1.82) is 0 Å². The van der Waals surface area contributed by atoms with E-state index < -0.39 is 0 Å². The molecule has 0 amide bonds. The molecule has 0 aliphatic carbocycles. The van der Waals surface area contributed by atoms with Gasteiger partial charge in [-0.15, -0.1) is 5.10 Å². The molecule has 0 N–H and O–H groups in total. The van der Waals surface area contributed by atoms with E-state index in [4.69, 9.17) is 0 Å². The average Bonchev–Trinajstić information content (AvgIpc) is 3.12. The zero-order chi connectivity index (χ0) is 18.7. The number of tetrazole rings is 1. The first kappa shape index (κ1) is 18.8. The van der Waals surface area contributed by atoms with Crippen molar-refractivity contribution in [3.05, 3.63) is 35.2 Å². The number of hydrogen-bond acceptors (Lipinski definition) is 5. The van der Waals surface area contributed by atoms with Crippen LogP contribution >= 0.6 is 0 Å². The largest absolute Gasteiger partial charge is 0.369 e. The molecule has 0 radical (unpaired) electrons. The summed E-state index contributed by atoms with van der Waals surface area (Å²) in [7, 11) is 0. The summed E-state index contributed by atoms with van der Waals surface area (Å²) in [5, 5.41) is 12.5. The SMILES string of the molecule is CCC[C@@H](c1nnnn1C(C)C)N1CCN(c2cccc(C)c2C)CC1. The van der Waals surface area contributed by atoms with Gasteiger partial charge in [0.2, 0.25) is 0 Å². The van der Waals surface area contributed by atoms with Gasteiger partial charge in [-0.2, -0.15) is 0 Å². The Bertz CT molecular complexity index is 715. The Morgan fingerprint density at radius 3 is 2.46 bits per heavy atom. The van der Waals surface area contributed by atoms with Crippen LogP contribution in [0.4, 0.5) is 5.69 Å². The summed E-state index contributed by atoms with van der Waals surface area (Å²) in [6.07, 6.45) is 2.23. The van der Waals surface area contributed by atoms with E-state index in [1.807, 2.05) is 4.68 Å². The number of aryl methyl sites for hydroxylation is 1. The van der Waals surface area contributed by atoms with Crippen LogP contribution in [0.5, 0.6) is 0 Å². The minimum absolute atomic E-state index is 0.288. The molecule has 0 spiro atoms. The molecule has 26 heavy (non-hydrogen) atoms. The topological polar surface area (TPSA) is 50.1 Å². The first-order valence-corrected chi connectivity index (χ1v) is 9.85. The lowest BCUT2D eigenvalue weighted by Gasteiger charge is -2.40. The van der Waals surface area contributed by atoms with Crippen molar-refractivity contribution in [2.75, 3.05) is 31.1 Å². The molecule has 6 heteroatoms. The van der Waals surface area contributed by atoms with Crippen molar-refractivity contribution >= 4 is 5.69 Å². The van der Waals surface area contributed by atoms with Crippen LogP contribution in [0.25, 0.3) is 0 Å². The summed E-state index contributed by atoms with van der Waals surface area (Å²) in [5.41, 5.74) is 4.14. The standard InChI is InChI=1S/C20H32N6/c1-6-8-19(20-21-22-23-26(20)15(2)3)25-13-11-24(12-14-25)18-10-7-9-16(4)17(18)5/h7,9-10,15,19H,6,8,11-14H2,1-5H3/t19-/m0/s1. The Morgan fingerprint density at radius 1 is 1.08 bits per heavy atom. The lowest BCUT2D eigenvalue weighted by atomic mass is 10.1. The van der Waals surface area contributed by atoms with Crippen LogP contribution in [-0.4, -0.2) is 51.3 Å². The molecule has 0 saturated carbocycles. The average molecular weight is 357 g/mol. The fourth-order valence-electron chi connectivity index (χ4n) is 3.89. The highest BCUT2D eigenvalue weighted by Gasteiger charge is 2.29. The van der Waals surface area contributed by atoms with Gasteiger partial charge in [0, 0.05) is 31.9 Å². The Morgan fingerprint density at radius 2 is 1.81 bits per heavy atom. The fourth-order valence-corrected chi connectivity index (χ4v) is 3.89. The summed E-state index contributed by atoms with van der Waals surface area (Å²) in [5.74, 6) is 1.02. The minimum atomic E-state index is 0.288. The zero-order valence-corrected chi connectivity index (χ0v) is 16.8. The molecule has 142 valence electrons. The predicted octanol–water partition coefficient (Wildman–Crippen LogP) is 3.53. The molecule has 1 atom stereocenters. The third-order valence-electron chi connectivity index (χ3n) is 5.54. The van der Waals surface area contributed by atoms with Gasteiger partial charge in [0.15, 0.2) is 5.82 Å². The summed E-state index contributed by atoms with van der Waals surface area (Å²) >= 11 is 0. The number of nitrogens with zero attached hydrogens (tertiary/aromatic N) is 6. The van der Waals surface area contributed by atoms with E-state index in [-0.39, 0.29) is 6.04 Å². The maximum atomic E-state index is 4.38. The van der Waals surface area contributed by atoms with Gasteiger partial charge in [-0.1, -0.05) is 25.5 Å². The van der Waals surface area contributed by atoms with E-state index in [1.54, 1.807) is 0 Å². The highest BCUT2D eigenvalue weighted by atomic mass is 15.6. The lowest BCUT2D eigenvalue weighted by molar-refractivity contribution is 0.162. The summed E-state index contributed by atoms with van der Waals surface area (Å²) < 4.78 is 1.98. The van der Waals surface area contributed by atoms with Gasteiger partial charge in [0.1, 0.15) is 0 Å². The summed E-state index contributed by atoms with van der Waals surface area (Å²) in [6, 6.07) is 7.20. The molecule has 6 nitrogen and oxygen atoms in total. The molecule has 1 aromatic heterocycles. The molecule has 2 aromatic rings. The van der Waals surface area contributed by atoms with Crippen LogP contribution in [0.3, 0.4) is 0 Å². The van der Waals surface area contributed by atoms with Gasteiger partial charge in [-0.05, 0) is 61.7 Å². The van der Waals surface area contributed by atoms with Gasteiger partial charge in [0.25, 0.3) is 0 Å². The van der Waals surface area contributed by atoms with Crippen LogP contribution in [0.15, 0.2) is 18.2 Å². The zero-order valence-electron chi connectivity index (χ0n) is 16.8. The summed E-state index contributed by atoms with van der Waals surface area (Å²) in [6.45, 7) is 15.1. The summed E-state index contributed by atoms with van der Waals surface area (Å²) in [4.78, 5) is 5.09. The van der Waals surface area contributed by atoms with E-state index in [0.717, 1.165) is 44.8 Å². The molecular weight excluding hydrogens is 324 g/mol. The first-order chi connectivity index (χ1) is 12.5. The third-order valence-corrected chi connectivity index (χ3v) is 5.54. The third kappa shape index (κ3) is 3.75. The van der Waals surface area contributed by atoms with E-state index >= 15 is 0 Å². The first-order valence-electron chi connectivity index (χ1n) is 9.85. The van der Waals surface area contributed by atoms with Gasteiger partial charge < -0.3 is 4.90 Å². The van der Waals surface area contributed by atoms with Gasteiger partial charge in [0.05, 0.1) is 12.1 Å². The number of piperazine rings is 1. The molecule has 3 rings (SSSR count). The Hall–Kier alpha value is -1.95. The maximum absolute atomic E-state index is 4.38. The van der Waals surface area contributed by atoms with Crippen molar-refractivity contribution in [1.82, 2.24) is 25.1 Å². The molecule has 1 fully saturated rings. The van der Waals surface area contributed by atoms with Gasteiger partial charge in [-0.3, -0.25) is 4.90 Å². The molecular formula is C20H32N6. The number of benzene rings is 1. The van der Waals surface area contributed by atoms with Crippen LogP contribution in [0, 0.1) is 13.8 Å². The Kier molecular flexibility index (Phi) is 5.91. The molecule has 1 aromatic carbocycles. The smallest absolute Gasteiger partial charge is 0.168 e. The van der Waals surface area contributed by atoms with Crippen molar-refractivity contribution in [2.24, 2.45) is 0 Å². The Labute approximate surface area is 157 Å². The van der Waals surface area contributed by atoms with Crippen molar-refractivity contribution in [3.63, 3.8) is 0 Å². The van der Waals surface area contributed by atoms with E-state index in [9.17, 15) is 0 Å². The number of hydrogen-bond donors (Lipinski definition) is 0. The van der Waals surface area contributed by atoms with E-state index in [2.05, 4.69) is 78.1 Å². The number of aromatic nitrogens is 4. The lowest BCUT2D eigenvalue weighted by Crippen LogP contribution is -2.48. The van der Waals surface area contributed by atoms with Crippen LogP contribution in [-0.2, 0) is 0 Å². The fraction of sp³-hybridized carbons (Fsp3) is 0.650. The van der Waals surface area contributed by atoms with Crippen LogP contribution < -0.4 is 4.90 Å². The second-order valence-corrected chi connectivity index (χ2v) is 7.62. The Balaban J connectivity index is 1.74. The molecule has 1 aliphatic rings. The molecule has 1 saturated heterocycles. The second-order valence-electron chi connectivity index (χ2n) is 7.62. The molecule has 1 aliphatic heterocycles. The van der Waals surface area contributed by atoms with Gasteiger partial charge in [-0.25, -0.2) is 4.68 Å². The molecule has 0 unspecified atom stereocenters. The van der Waals surface area contributed by atoms with E-state index in [1.165, 1.54) is 16.8 Å². The number of anilines is 1. The van der Waals surface area contributed by atoms with Crippen LogP contribution in [0.1, 0.15) is 62.6 Å². The van der Waals surface area contributed by atoms with Crippen molar-refractivity contribution in [2.45, 2.75) is 59.5 Å². The van der Waals surface area contributed by atoms with Crippen molar-refractivity contribution < 1.29 is 0 Å². The highest BCUT2D eigenvalue weighted by molar-refractivity contribution is 5.56. The quantitative estimate of drug-likeness (QED) is 0.792. The maximum Gasteiger partial charge on any atom is 0.168 e. The normalized spacial score (nSPS) is 17.1. The highest BCUT2D eigenvalue weighted by Crippen LogP contribution is 2.29. The van der Waals surface area contributed by atoms with Crippen LogP contribution in [0.2, 0.25) is 0 Å². The van der Waals surface area contributed by atoms with Crippen molar-refractivity contribution in [3.8, 4) is 0 Å². The van der Waals surface area contributed by atoms with E-state index in [0.29, 0.717) is 6.04 Å². The van der Waals surface area contributed by atoms with Gasteiger partial charge >= 0.3 is 0 Å². The minimum Gasteiger partial charge on any atom is -0.369 e. The molecule has 2 heterocycles. The molecule has 0 bridgehead atoms. The predicted molar refractivity (Wildman–Crippen MR) is 106 cm³/mol. The second kappa shape index (κ2) is 8.16. The monoisotopic (exact) mass is 356 g/mol.